The Balaban J connectivity index is 0. The summed E-state index contributed by atoms with van der Waals surface area (Å²) < 4.78 is 12.5. The Kier molecular flexibility index (Phi) is 14.5. The molecule has 0 rings (SSSR count). The molecule has 0 aromatic heterocycles. The van der Waals surface area contributed by atoms with Crippen LogP contribution in [-0.2, 0) is 8.54 Å². The molecule has 0 saturated heterocycles. The van der Waals surface area contributed by atoms with Crippen molar-refractivity contribution in [3.8, 4) is 0 Å². The van der Waals surface area contributed by atoms with Gasteiger partial charge in [-0.25, -0.2) is 0 Å². The summed E-state index contributed by atoms with van der Waals surface area (Å²) in [5.74, 6) is 0. The predicted octanol–water partition coefficient (Wildman–Crippen LogP) is 1.28. The molecular formula is C3H9O3PS. The van der Waals surface area contributed by atoms with Gasteiger partial charge in [-0.2, -0.15) is 0 Å². The molecule has 0 aromatic carbocycles. The monoisotopic (exact) mass is 156 g/mol. The minimum Gasteiger partial charge on any atom is -0.566 e. The van der Waals surface area contributed by atoms with E-state index < -0.39 is 8.25 Å². The first-order valence-corrected chi connectivity index (χ1v) is 3.61. The van der Waals surface area contributed by atoms with Gasteiger partial charge in [0.25, 0.3) is 0 Å². The zero-order chi connectivity index (χ0) is 6.99. The molecule has 0 saturated carbocycles. The van der Waals surface area contributed by atoms with Crippen molar-refractivity contribution in [2.24, 2.45) is 0 Å². The molecule has 0 radical (unpaired) electrons. The van der Waals surface area contributed by atoms with Crippen LogP contribution < -0.4 is 4.89 Å². The summed E-state index contributed by atoms with van der Waals surface area (Å²) in [6.07, 6.45) is 1.25. The van der Waals surface area contributed by atoms with E-state index in [4.69, 9.17) is 9.46 Å². The summed E-state index contributed by atoms with van der Waals surface area (Å²) >= 11 is 2.92. The first-order chi connectivity index (χ1) is 3.68. The van der Waals surface area contributed by atoms with Crippen LogP contribution in [0.15, 0.2) is 0 Å². The quantitative estimate of drug-likeness (QED) is 0.353. The Labute approximate surface area is 55.6 Å². The van der Waals surface area contributed by atoms with Crippen LogP contribution in [0.2, 0.25) is 0 Å². The lowest BCUT2D eigenvalue weighted by molar-refractivity contribution is -0.177. The van der Waals surface area contributed by atoms with Crippen LogP contribution in [0.25, 0.3) is 0 Å². The van der Waals surface area contributed by atoms with Crippen LogP contribution in [0.4, 0.5) is 0 Å². The summed E-state index contributed by atoms with van der Waals surface area (Å²) in [5, 5.41) is 0. The van der Waals surface area contributed by atoms with Gasteiger partial charge in [-0.1, -0.05) is 24.2 Å². The van der Waals surface area contributed by atoms with E-state index in [2.05, 4.69) is 30.7 Å². The van der Waals surface area contributed by atoms with Gasteiger partial charge >= 0.3 is 8.25 Å². The topological polar surface area (TPSA) is 49.4 Å². The maximum absolute atomic E-state index is 9.11. The predicted molar refractivity (Wildman–Crippen MR) is 33.6 cm³/mol. The SMILES string of the molecule is CCC.O=[P+]([O-])OS. The zero-order valence-corrected chi connectivity index (χ0v) is 6.62. The Morgan fingerprint density at radius 2 is 1.88 bits per heavy atom. The van der Waals surface area contributed by atoms with Crippen LogP contribution in [0.5, 0.6) is 0 Å². The first-order valence-electron chi connectivity index (χ1n) is 2.14. The highest BCUT2D eigenvalue weighted by Gasteiger charge is 1.88. The molecule has 0 aromatic rings. The van der Waals surface area contributed by atoms with E-state index in [1.165, 1.54) is 6.42 Å². The third kappa shape index (κ3) is 32.7. The summed E-state index contributed by atoms with van der Waals surface area (Å²) in [4.78, 5) is 9.11. The van der Waals surface area contributed by atoms with Crippen LogP contribution >= 0.6 is 21.2 Å². The van der Waals surface area contributed by atoms with Crippen molar-refractivity contribution in [3.63, 3.8) is 0 Å². The number of rotatable bonds is 1. The van der Waals surface area contributed by atoms with Gasteiger partial charge in [0, 0.05) is 12.9 Å². The molecule has 1 unspecified atom stereocenters. The van der Waals surface area contributed by atoms with Crippen LogP contribution in [0.1, 0.15) is 20.3 Å². The highest BCUT2D eigenvalue weighted by Crippen LogP contribution is 2.08. The molecule has 5 heteroatoms. The Hall–Kier alpha value is 0.370. The van der Waals surface area contributed by atoms with Crippen LogP contribution in [-0.4, -0.2) is 0 Å². The minimum atomic E-state index is -2.73. The Morgan fingerprint density at radius 3 is 1.88 bits per heavy atom. The Bertz CT molecular complexity index is 58.5. The minimum absolute atomic E-state index is 1.25. The molecule has 8 heavy (non-hydrogen) atoms. The lowest BCUT2D eigenvalue weighted by Crippen LogP contribution is -1.81. The molecular weight excluding hydrogens is 147 g/mol. The van der Waals surface area contributed by atoms with E-state index in [0.29, 0.717) is 0 Å². The molecule has 1 atom stereocenters. The molecule has 3 nitrogen and oxygen atoms in total. The number of thiol groups is 1. The van der Waals surface area contributed by atoms with Gasteiger partial charge in [0.05, 0.1) is 0 Å². The maximum atomic E-state index is 9.11. The third-order valence-corrected chi connectivity index (χ3v) is 0.600. The van der Waals surface area contributed by atoms with E-state index in [0.717, 1.165) is 0 Å². The molecule has 0 spiro atoms. The summed E-state index contributed by atoms with van der Waals surface area (Å²) in [6, 6.07) is 0. The van der Waals surface area contributed by atoms with Crippen molar-refractivity contribution in [1.82, 2.24) is 0 Å². The average Bonchev–Trinajstić information content (AvgIpc) is 1.69. The number of hydrogen-bond acceptors (Lipinski definition) is 4. The van der Waals surface area contributed by atoms with Gasteiger partial charge in [-0.15, -0.1) is 0 Å². The fraction of sp³-hybridized carbons (Fsp3) is 1.00. The van der Waals surface area contributed by atoms with Crippen molar-refractivity contribution >= 4 is 21.2 Å². The second-order valence-corrected chi connectivity index (χ2v) is 2.11. The molecule has 0 aliphatic carbocycles. The van der Waals surface area contributed by atoms with Crippen molar-refractivity contribution in [2.75, 3.05) is 0 Å². The van der Waals surface area contributed by atoms with E-state index >= 15 is 0 Å². The largest absolute Gasteiger partial charge is 0.566 e. The van der Waals surface area contributed by atoms with Gasteiger partial charge in [-0.05, 0) is 4.57 Å². The molecule has 0 amide bonds. The number of hydrogen-bond donors (Lipinski definition) is 1. The second kappa shape index (κ2) is 10.4. The lowest BCUT2D eigenvalue weighted by atomic mass is 10.6. The van der Waals surface area contributed by atoms with Gasteiger partial charge in [0.15, 0.2) is 0 Å². The molecule has 0 bridgehead atoms. The van der Waals surface area contributed by atoms with Crippen molar-refractivity contribution in [1.29, 1.82) is 0 Å². The van der Waals surface area contributed by atoms with Gasteiger partial charge in [0.2, 0.25) is 0 Å². The van der Waals surface area contributed by atoms with E-state index in [9.17, 15) is 0 Å². The smallest absolute Gasteiger partial charge is 0.500 e. The summed E-state index contributed by atoms with van der Waals surface area (Å²) in [5.41, 5.74) is 0. The van der Waals surface area contributed by atoms with Gasteiger partial charge in [-0.3, -0.25) is 0 Å². The van der Waals surface area contributed by atoms with Crippen molar-refractivity contribution in [3.05, 3.63) is 0 Å². The third-order valence-electron chi connectivity index (χ3n) is 0.0667. The Morgan fingerprint density at radius 1 is 1.75 bits per heavy atom. The zero-order valence-electron chi connectivity index (χ0n) is 4.83. The van der Waals surface area contributed by atoms with E-state index in [1.54, 1.807) is 0 Å². The fourth-order valence-electron chi connectivity index (χ4n) is 0. The van der Waals surface area contributed by atoms with Crippen molar-refractivity contribution < 1.29 is 13.4 Å². The fourth-order valence-corrected chi connectivity index (χ4v) is 0. The molecule has 0 N–H and O–H groups in total. The lowest BCUT2D eigenvalue weighted by Gasteiger charge is -1.68. The highest BCUT2D eigenvalue weighted by atomic mass is 32.1. The molecule has 0 aliphatic heterocycles. The summed E-state index contributed by atoms with van der Waals surface area (Å²) in [6.45, 7) is 4.25. The molecule has 50 valence electrons. The summed E-state index contributed by atoms with van der Waals surface area (Å²) in [7, 11) is -2.73. The normalized spacial score (nSPS) is 9.25. The molecule has 0 aliphatic rings. The first kappa shape index (κ1) is 11.2. The van der Waals surface area contributed by atoms with E-state index in [-0.39, 0.29) is 0 Å². The van der Waals surface area contributed by atoms with Gasteiger partial charge < -0.3 is 4.89 Å². The average molecular weight is 156 g/mol. The second-order valence-electron chi connectivity index (χ2n) is 1.01. The van der Waals surface area contributed by atoms with Crippen LogP contribution in [0.3, 0.4) is 0 Å². The molecule has 0 heterocycles. The standard InChI is InChI=1S/C3H8.HO3PS/c1-3-2;1-4(2)3-5/h3H2,1-2H3;5H. The molecule has 0 fully saturated rings. The van der Waals surface area contributed by atoms with Crippen molar-refractivity contribution in [2.45, 2.75) is 20.3 Å². The van der Waals surface area contributed by atoms with Crippen LogP contribution in [0, 0.1) is 0 Å². The maximum Gasteiger partial charge on any atom is 0.500 e. The van der Waals surface area contributed by atoms with E-state index in [1.807, 2.05) is 0 Å². The highest BCUT2D eigenvalue weighted by molar-refractivity contribution is 7.78. The van der Waals surface area contributed by atoms with Gasteiger partial charge in [0.1, 0.15) is 0 Å².